The maximum atomic E-state index is 12.0. The Labute approximate surface area is 107 Å². The van der Waals surface area contributed by atoms with Gasteiger partial charge < -0.3 is 20.5 Å². The molecule has 0 aliphatic rings. The number of nitrogen functional groups attached to an aromatic ring is 1. The Kier molecular flexibility index (Phi) is 5.61. The van der Waals surface area contributed by atoms with Gasteiger partial charge in [0.15, 0.2) is 0 Å². The number of nitrogens with one attached hydrogen (secondary N) is 1. The van der Waals surface area contributed by atoms with Gasteiger partial charge >= 0.3 is 0 Å². The van der Waals surface area contributed by atoms with Crippen molar-refractivity contribution in [2.24, 2.45) is 0 Å². The van der Waals surface area contributed by atoms with Crippen molar-refractivity contribution >= 4 is 11.6 Å². The highest BCUT2D eigenvalue weighted by atomic mass is 16.5. The second-order valence-electron chi connectivity index (χ2n) is 4.06. The van der Waals surface area contributed by atoms with Crippen molar-refractivity contribution in [1.29, 1.82) is 0 Å². The largest absolute Gasteiger partial charge is 0.398 e. The highest BCUT2D eigenvalue weighted by Crippen LogP contribution is 2.15. The third-order valence-corrected chi connectivity index (χ3v) is 2.71. The molecule has 0 aliphatic carbocycles. The molecule has 1 aromatic rings. The van der Waals surface area contributed by atoms with Crippen LogP contribution in [0.3, 0.4) is 0 Å². The van der Waals surface area contributed by atoms with E-state index in [1.807, 2.05) is 19.1 Å². The molecule has 0 aliphatic heterocycles. The zero-order valence-corrected chi connectivity index (χ0v) is 11.0. The first-order valence-electron chi connectivity index (χ1n) is 5.75. The lowest BCUT2D eigenvalue weighted by Crippen LogP contribution is -2.36. The number of methoxy groups -OCH3 is 2. The molecule has 1 rings (SSSR count). The number of hydrogen-bond acceptors (Lipinski definition) is 4. The molecule has 0 heterocycles. The molecule has 0 bridgehead atoms. The topological polar surface area (TPSA) is 73.6 Å². The number of benzene rings is 1. The summed E-state index contributed by atoms with van der Waals surface area (Å²) in [5, 5.41) is 2.79. The summed E-state index contributed by atoms with van der Waals surface area (Å²) in [7, 11) is 3.17. The van der Waals surface area contributed by atoms with Crippen LogP contribution in [0.1, 0.15) is 15.9 Å². The maximum absolute atomic E-state index is 12.0. The van der Waals surface area contributed by atoms with Crippen LogP contribution in [0.2, 0.25) is 0 Å². The molecular formula is C13H20N2O3. The van der Waals surface area contributed by atoms with E-state index in [4.69, 9.17) is 15.2 Å². The minimum Gasteiger partial charge on any atom is -0.398 e. The molecule has 0 spiro atoms. The average molecular weight is 252 g/mol. The molecule has 1 atom stereocenters. The summed E-state index contributed by atoms with van der Waals surface area (Å²) < 4.78 is 10.1. The van der Waals surface area contributed by atoms with Crippen LogP contribution in [0.5, 0.6) is 0 Å². The Morgan fingerprint density at radius 1 is 1.44 bits per heavy atom. The van der Waals surface area contributed by atoms with Crippen LogP contribution in [0.15, 0.2) is 18.2 Å². The monoisotopic (exact) mass is 252 g/mol. The van der Waals surface area contributed by atoms with E-state index in [1.54, 1.807) is 20.3 Å². The lowest BCUT2D eigenvalue weighted by atomic mass is 10.1. The third-order valence-electron chi connectivity index (χ3n) is 2.71. The van der Waals surface area contributed by atoms with E-state index >= 15 is 0 Å². The first-order chi connectivity index (χ1) is 8.60. The van der Waals surface area contributed by atoms with Crippen molar-refractivity contribution in [3.63, 3.8) is 0 Å². The smallest absolute Gasteiger partial charge is 0.253 e. The van der Waals surface area contributed by atoms with Crippen LogP contribution < -0.4 is 11.1 Å². The van der Waals surface area contributed by atoms with Crippen LogP contribution >= 0.6 is 0 Å². The number of carbonyl (C=O) groups excluding carboxylic acids is 1. The fourth-order valence-corrected chi connectivity index (χ4v) is 1.69. The van der Waals surface area contributed by atoms with Gasteiger partial charge in [-0.2, -0.15) is 0 Å². The number of nitrogens with two attached hydrogens (primary N) is 1. The van der Waals surface area contributed by atoms with E-state index in [0.717, 1.165) is 5.56 Å². The molecule has 3 N–H and O–H groups in total. The molecule has 5 nitrogen and oxygen atoms in total. The van der Waals surface area contributed by atoms with Crippen molar-refractivity contribution in [1.82, 2.24) is 5.32 Å². The zero-order valence-electron chi connectivity index (χ0n) is 11.0. The minimum absolute atomic E-state index is 0.163. The predicted octanol–water partition coefficient (Wildman–Crippen LogP) is 0.968. The number of anilines is 1. The molecule has 100 valence electrons. The Bertz CT molecular complexity index is 387. The van der Waals surface area contributed by atoms with Crippen molar-refractivity contribution in [3.8, 4) is 0 Å². The fourth-order valence-electron chi connectivity index (χ4n) is 1.69. The standard InChI is InChI=1S/C13H20N2O3/c1-9-5-4-6-11(14)12(9)13(16)15-7-10(18-3)8-17-2/h4-6,10H,7-8,14H2,1-3H3,(H,15,16). The zero-order chi connectivity index (χ0) is 13.5. The lowest BCUT2D eigenvalue weighted by Gasteiger charge is -2.16. The molecule has 0 radical (unpaired) electrons. The molecule has 5 heteroatoms. The molecule has 1 amide bonds. The van der Waals surface area contributed by atoms with Gasteiger partial charge in [0.1, 0.15) is 0 Å². The summed E-state index contributed by atoms with van der Waals surface area (Å²) in [6.45, 7) is 2.67. The molecule has 0 saturated heterocycles. The second-order valence-corrected chi connectivity index (χ2v) is 4.06. The Balaban J connectivity index is 2.65. The number of hydrogen-bond donors (Lipinski definition) is 2. The molecular weight excluding hydrogens is 232 g/mol. The fraction of sp³-hybridized carbons (Fsp3) is 0.462. The van der Waals surface area contributed by atoms with Gasteiger partial charge in [0.2, 0.25) is 0 Å². The van der Waals surface area contributed by atoms with Crippen molar-refractivity contribution in [3.05, 3.63) is 29.3 Å². The summed E-state index contributed by atoms with van der Waals surface area (Å²) in [6.07, 6.45) is -0.163. The average Bonchev–Trinajstić information content (AvgIpc) is 2.34. The van der Waals surface area contributed by atoms with E-state index in [1.165, 1.54) is 0 Å². The van der Waals surface area contributed by atoms with Crippen LogP contribution in [-0.2, 0) is 9.47 Å². The Morgan fingerprint density at radius 2 is 2.17 bits per heavy atom. The van der Waals surface area contributed by atoms with Gasteiger partial charge in [0, 0.05) is 26.5 Å². The molecule has 1 aromatic carbocycles. The van der Waals surface area contributed by atoms with Gasteiger partial charge in [0.05, 0.1) is 18.3 Å². The van der Waals surface area contributed by atoms with Gasteiger partial charge in [-0.3, -0.25) is 4.79 Å². The van der Waals surface area contributed by atoms with Crippen LogP contribution in [0.25, 0.3) is 0 Å². The quantitative estimate of drug-likeness (QED) is 0.740. The SMILES string of the molecule is COCC(CNC(=O)c1c(C)cccc1N)OC. The Hall–Kier alpha value is -1.59. The summed E-state index contributed by atoms with van der Waals surface area (Å²) in [6, 6.07) is 5.39. The van der Waals surface area contributed by atoms with E-state index in [9.17, 15) is 4.79 Å². The van der Waals surface area contributed by atoms with Gasteiger partial charge in [0.25, 0.3) is 5.91 Å². The van der Waals surface area contributed by atoms with Crippen LogP contribution in [0, 0.1) is 6.92 Å². The van der Waals surface area contributed by atoms with Crippen molar-refractivity contribution in [2.45, 2.75) is 13.0 Å². The number of amides is 1. The maximum Gasteiger partial charge on any atom is 0.253 e. The first-order valence-corrected chi connectivity index (χ1v) is 5.75. The molecule has 0 fully saturated rings. The highest BCUT2D eigenvalue weighted by Gasteiger charge is 2.14. The number of aryl methyl sites for hydroxylation is 1. The highest BCUT2D eigenvalue weighted by molar-refractivity contribution is 6.00. The minimum atomic E-state index is -0.191. The van der Waals surface area contributed by atoms with Gasteiger partial charge in [-0.05, 0) is 18.6 Å². The third kappa shape index (κ3) is 3.72. The molecule has 0 aromatic heterocycles. The number of rotatable bonds is 6. The van der Waals surface area contributed by atoms with E-state index in [0.29, 0.717) is 24.4 Å². The van der Waals surface area contributed by atoms with Crippen LogP contribution in [0.4, 0.5) is 5.69 Å². The molecule has 18 heavy (non-hydrogen) atoms. The first kappa shape index (κ1) is 14.5. The normalized spacial score (nSPS) is 12.2. The van der Waals surface area contributed by atoms with E-state index in [-0.39, 0.29) is 12.0 Å². The summed E-state index contributed by atoms with van der Waals surface area (Å²) in [4.78, 5) is 12.0. The van der Waals surface area contributed by atoms with Gasteiger partial charge in [-0.25, -0.2) is 0 Å². The summed E-state index contributed by atoms with van der Waals surface area (Å²) in [5.41, 5.74) is 7.66. The van der Waals surface area contributed by atoms with Crippen LogP contribution in [-0.4, -0.2) is 39.4 Å². The van der Waals surface area contributed by atoms with Gasteiger partial charge in [-0.1, -0.05) is 12.1 Å². The molecule has 0 saturated carbocycles. The molecule has 1 unspecified atom stereocenters. The van der Waals surface area contributed by atoms with E-state index in [2.05, 4.69) is 5.32 Å². The number of ether oxygens (including phenoxy) is 2. The summed E-state index contributed by atoms with van der Waals surface area (Å²) in [5.74, 6) is -0.191. The van der Waals surface area contributed by atoms with Gasteiger partial charge in [-0.15, -0.1) is 0 Å². The predicted molar refractivity (Wildman–Crippen MR) is 70.6 cm³/mol. The van der Waals surface area contributed by atoms with Crippen molar-refractivity contribution in [2.75, 3.05) is 33.1 Å². The lowest BCUT2D eigenvalue weighted by molar-refractivity contribution is 0.0285. The van der Waals surface area contributed by atoms with Crippen molar-refractivity contribution < 1.29 is 14.3 Å². The summed E-state index contributed by atoms with van der Waals surface area (Å²) >= 11 is 0. The Morgan fingerprint density at radius 3 is 2.72 bits per heavy atom. The second kappa shape index (κ2) is 6.98. The van der Waals surface area contributed by atoms with E-state index < -0.39 is 0 Å². The number of carbonyl (C=O) groups is 1.